The molecule has 1 aromatic heterocycles. The summed E-state index contributed by atoms with van der Waals surface area (Å²) >= 11 is 0. The van der Waals surface area contributed by atoms with Crippen LogP contribution < -0.4 is 15.2 Å². The predicted octanol–water partition coefficient (Wildman–Crippen LogP) is 3.74. The summed E-state index contributed by atoms with van der Waals surface area (Å²) in [6.45, 7) is 1.93. The smallest absolute Gasteiger partial charge is 0.153 e. The van der Waals surface area contributed by atoms with Crippen molar-refractivity contribution < 1.29 is 14.3 Å². The number of carbonyl (C=O) groups excluding carboxylic acids is 1. The minimum absolute atomic E-state index is 0.451. The molecule has 2 aromatic carbocycles. The van der Waals surface area contributed by atoms with E-state index in [9.17, 15) is 4.79 Å². The van der Waals surface area contributed by atoms with Crippen LogP contribution in [0.25, 0.3) is 10.9 Å². The van der Waals surface area contributed by atoms with E-state index in [2.05, 4.69) is 4.98 Å². The largest absolute Gasteiger partial charge is 0.496 e. The van der Waals surface area contributed by atoms with Crippen LogP contribution in [-0.2, 0) is 0 Å². The number of nitrogens with zero attached hydrogens (tertiary/aromatic N) is 1. The first-order valence-corrected chi connectivity index (χ1v) is 7.08. The van der Waals surface area contributed by atoms with Crippen LogP contribution in [0.3, 0.4) is 0 Å². The third kappa shape index (κ3) is 2.81. The number of hydrogen-bond donors (Lipinski definition) is 1. The lowest BCUT2D eigenvalue weighted by Crippen LogP contribution is -1.95. The molecule has 0 atom stereocenters. The summed E-state index contributed by atoms with van der Waals surface area (Å²) in [5, 5.41) is 0.742. The van der Waals surface area contributed by atoms with E-state index in [0.29, 0.717) is 34.0 Å². The number of hydrogen-bond acceptors (Lipinski definition) is 5. The number of carbonyl (C=O) groups is 1. The Labute approximate surface area is 133 Å². The lowest BCUT2D eigenvalue weighted by molar-refractivity contribution is 0.112. The third-order valence-corrected chi connectivity index (χ3v) is 3.60. The highest BCUT2D eigenvalue weighted by atomic mass is 16.5. The number of anilines is 1. The van der Waals surface area contributed by atoms with Gasteiger partial charge in [0.15, 0.2) is 6.29 Å². The Morgan fingerprint density at radius 1 is 1.09 bits per heavy atom. The number of aryl methyl sites for hydroxylation is 1. The number of methoxy groups -OCH3 is 1. The fourth-order valence-corrected chi connectivity index (χ4v) is 2.43. The van der Waals surface area contributed by atoms with Crippen LogP contribution in [0.15, 0.2) is 42.6 Å². The van der Waals surface area contributed by atoms with E-state index in [-0.39, 0.29) is 0 Å². The van der Waals surface area contributed by atoms with Crippen LogP contribution >= 0.6 is 0 Å². The quantitative estimate of drug-likeness (QED) is 0.587. The van der Waals surface area contributed by atoms with E-state index in [4.69, 9.17) is 15.2 Å². The molecule has 2 N–H and O–H groups in total. The molecule has 0 saturated heterocycles. The fraction of sp³-hybridized carbons (Fsp3) is 0.111. The van der Waals surface area contributed by atoms with E-state index in [1.54, 1.807) is 30.5 Å². The van der Waals surface area contributed by atoms with Gasteiger partial charge in [0.1, 0.15) is 17.2 Å². The van der Waals surface area contributed by atoms with Gasteiger partial charge >= 0.3 is 0 Å². The zero-order chi connectivity index (χ0) is 16.4. The molecule has 0 unspecified atom stereocenters. The molecule has 0 aliphatic carbocycles. The van der Waals surface area contributed by atoms with E-state index < -0.39 is 0 Å². The number of nitrogens with two attached hydrogens (primary N) is 1. The first-order chi connectivity index (χ1) is 11.1. The highest BCUT2D eigenvalue weighted by molar-refractivity contribution is 5.93. The zero-order valence-corrected chi connectivity index (χ0v) is 12.9. The number of benzene rings is 2. The minimum Gasteiger partial charge on any atom is -0.496 e. The molecule has 5 heteroatoms. The molecule has 3 aromatic rings. The van der Waals surface area contributed by atoms with Crippen molar-refractivity contribution in [3.63, 3.8) is 0 Å². The topological polar surface area (TPSA) is 74.4 Å². The van der Waals surface area contributed by atoms with Gasteiger partial charge in [-0.2, -0.15) is 0 Å². The molecule has 5 nitrogen and oxygen atoms in total. The Morgan fingerprint density at radius 3 is 2.61 bits per heavy atom. The maximum atomic E-state index is 11.2. The summed E-state index contributed by atoms with van der Waals surface area (Å²) in [6.07, 6.45) is 2.41. The molecule has 0 aliphatic heterocycles. The molecule has 0 aliphatic rings. The predicted molar refractivity (Wildman–Crippen MR) is 89.3 cm³/mol. The number of aldehydes is 1. The zero-order valence-electron chi connectivity index (χ0n) is 12.9. The molecule has 0 saturated carbocycles. The van der Waals surface area contributed by atoms with Gasteiger partial charge in [0.25, 0.3) is 0 Å². The Bertz CT molecular complexity index is 891. The number of nitrogen functional groups attached to an aromatic ring is 1. The van der Waals surface area contributed by atoms with Crippen LogP contribution in [0.1, 0.15) is 15.9 Å². The second-order valence-electron chi connectivity index (χ2n) is 5.17. The summed E-state index contributed by atoms with van der Waals surface area (Å²) in [5.74, 6) is 1.81. The summed E-state index contributed by atoms with van der Waals surface area (Å²) in [4.78, 5) is 15.5. The van der Waals surface area contributed by atoms with E-state index in [1.807, 2.05) is 19.1 Å². The van der Waals surface area contributed by atoms with E-state index >= 15 is 0 Å². The van der Waals surface area contributed by atoms with Gasteiger partial charge in [-0.1, -0.05) is 0 Å². The van der Waals surface area contributed by atoms with Gasteiger partial charge < -0.3 is 15.2 Å². The maximum Gasteiger partial charge on any atom is 0.153 e. The Morgan fingerprint density at radius 2 is 1.91 bits per heavy atom. The van der Waals surface area contributed by atoms with Crippen LogP contribution in [0.4, 0.5) is 5.69 Å². The maximum absolute atomic E-state index is 11.2. The standard InChI is InChI=1S/C18H16N2O3/c1-11-7-13(19)3-4-16(11)23-17-5-6-20-15-9-18(22-2)12(10-21)8-14(15)17/h3-10H,19H2,1-2H3. The van der Waals surface area contributed by atoms with Gasteiger partial charge in [0.2, 0.25) is 0 Å². The Balaban J connectivity index is 2.12. The SMILES string of the molecule is COc1cc2nccc(Oc3ccc(N)cc3C)c2cc1C=O. The lowest BCUT2D eigenvalue weighted by Gasteiger charge is -2.12. The average molecular weight is 308 g/mol. The first-order valence-electron chi connectivity index (χ1n) is 7.08. The average Bonchev–Trinajstić information content (AvgIpc) is 2.56. The highest BCUT2D eigenvalue weighted by Crippen LogP contribution is 2.34. The van der Waals surface area contributed by atoms with Gasteiger partial charge in [0.05, 0.1) is 18.2 Å². The molecular weight excluding hydrogens is 292 g/mol. The van der Waals surface area contributed by atoms with Crippen molar-refractivity contribution >= 4 is 22.9 Å². The normalized spacial score (nSPS) is 10.5. The molecule has 1 heterocycles. The summed E-state index contributed by atoms with van der Waals surface area (Å²) in [7, 11) is 1.52. The van der Waals surface area contributed by atoms with Gasteiger partial charge in [-0.3, -0.25) is 9.78 Å². The van der Waals surface area contributed by atoms with Crippen LogP contribution in [0, 0.1) is 6.92 Å². The molecule has 3 rings (SSSR count). The van der Waals surface area contributed by atoms with Crippen LogP contribution in [0.5, 0.6) is 17.2 Å². The second-order valence-corrected chi connectivity index (χ2v) is 5.17. The van der Waals surface area contributed by atoms with Crippen molar-refractivity contribution in [1.82, 2.24) is 4.98 Å². The number of pyridine rings is 1. The van der Waals surface area contributed by atoms with Gasteiger partial charge in [0, 0.05) is 23.3 Å². The van der Waals surface area contributed by atoms with Crippen molar-refractivity contribution in [2.75, 3.05) is 12.8 Å². The van der Waals surface area contributed by atoms with Crippen LogP contribution in [-0.4, -0.2) is 18.4 Å². The molecule has 0 spiro atoms. The second kappa shape index (κ2) is 5.96. The van der Waals surface area contributed by atoms with Crippen molar-refractivity contribution in [2.45, 2.75) is 6.92 Å². The summed E-state index contributed by atoms with van der Waals surface area (Å²) in [6, 6.07) is 10.7. The van der Waals surface area contributed by atoms with Crippen molar-refractivity contribution in [2.24, 2.45) is 0 Å². The summed E-state index contributed by atoms with van der Waals surface area (Å²) < 4.78 is 11.2. The Kier molecular flexibility index (Phi) is 3.85. The Hall–Kier alpha value is -3.08. The molecule has 0 amide bonds. The van der Waals surface area contributed by atoms with Gasteiger partial charge in [-0.15, -0.1) is 0 Å². The minimum atomic E-state index is 0.451. The van der Waals surface area contributed by atoms with E-state index in [0.717, 1.165) is 17.2 Å². The van der Waals surface area contributed by atoms with Gasteiger partial charge in [-0.25, -0.2) is 0 Å². The molecule has 0 bridgehead atoms. The van der Waals surface area contributed by atoms with Crippen molar-refractivity contribution in [3.05, 3.63) is 53.7 Å². The fourth-order valence-electron chi connectivity index (χ4n) is 2.43. The number of fused-ring (bicyclic) bond motifs is 1. The molecule has 116 valence electrons. The highest BCUT2D eigenvalue weighted by Gasteiger charge is 2.11. The molecule has 0 fully saturated rings. The van der Waals surface area contributed by atoms with Crippen molar-refractivity contribution in [1.29, 1.82) is 0 Å². The molecule has 23 heavy (non-hydrogen) atoms. The van der Waals surface area contributed by atoms with Crippen molar-refractivity contribution in [3.8, 4) is 17.2 Å². The van der Waals surface area contributed by atoms with E-state index in [1.165, 1.54) is 7.11 Å². The number of aromatic nitrogens is 1. The monoisotopic (exact) mass is 308 g/mol. The number of rotatable bonds is 4. The molecule has 0 radical (unpaired) electrons. The molecular formula is C18H16N2O3. The van der Waals surface area contributed by atoms with Gasteiger partial charge in [-0.05, 0) is 42.8 Å². The lowest BCUT2D eigenvalue weighted by atomic mass is 10.1. The number of ether oxygens (including phenoxy) is 2. The summed E-state index contributed by atoms with van der Waals surface area (Å²) in [5.41, 5.74) is 8.52. The third-order valence-electron chi connectivity index (χ3n) is 3.60. The van der Waals surface area contributed by atoms with Crippen LogP contribution in [0.2, 0.25) is 0 Å². The first kappa shape index (κ1) is 14.8.